The monoisotopic (exact) mass is 200 g/mol. The van der Waals surface area contributed by atoms with Crippen LogP contribution in [0.4, 0.5) is 0 Å². The summed E-state index contributed by atoms with van der Waals surface area (Å²) in [5.41, 5.74) is 7.63. The van der Waals surface area contributed by atoms with E-state index in [1.807, 2.05) is 0 Å². The highest BCUT2D eigenvalue weighted by atomic mass is 16.5. The van der Waals surface area contributed by atoms with E-state index in [2.05, 4.69) is 10.4 Å². The summed E-state index contributed by atoms with van der Waals surface area (Å²) in [7, 11) is 0. The Kier molecular flexibility index (Phi) is 5.32. The predicted molar refractivity (Wildman–Crippen MR) is 56.6 cm³/mol. The van der Waals surface area contributed by atoms with E-state index >= 15 is 0 Å². The molecule has 1 rings (SSSR count). The standard InChI is InChI=1S/C9H20N4O/c10-9(13-11)12-6-7-14-8-4-2-1-3-5-8/h8H,1-7,11H2,(H3,10,12,13). The Morgan fingerprint density at radius 3 is 2.71 bits per heavy atom. The molecule has 1 aliphatic rings. The zero-order valence-corrected chi connectivity index (χ0v) is 8.54. The fraction of sp³-hybridized carbons (Fsp3) is 0.889. The van der Waals surface area contributed by atoms with Crippen LogP contribution in [0.5, 0.6) is 0 Å². The summed E-state index contributed by atoms with van der Waals surface area (Å²) < 4.78 is 5.65. The van der Waals surface area contributed by atoms with Gasteiger partial charge in [0.15, 0.2) is 0 Å². The average Bonchev–Trinajstić information content (AvgIpc) is 2.25. The minimum Gasteiger partial charge on any atom is -0.376 e. The normalized spacial score (nSPS) is 19.6. The van der Waals surface area contributed by atoms with Gasteiger partial charge in [-0.1, -0.05) is 19.3 Å². The Morgan fingerprint density at radius 2 is 2.07 bits per heavy atom. The van der Waals surface area contributed by atoms with Crippen LogP contribution in [-0.2, 0) is 4.74 Å². The van der Waals surface area contributed by atoms with Crippen LogP contribution in [0.1, 0.15) is 32.1 Å². The van der Waals surface area contributed by atoms with E-state index in [0.717, 1.165) is 0 Å². The molecule has 5 heteroatoms. The van der Waals surface area contributed by atoms with Gasteiger partial charge >= 0.3 is 0 Å². The van der Waals surface area contributed by atoms with Gasteiger partial charge in [-0.3, -0.25) is 5.43 Å². The van der Waals surface area contributed by atoms with Crippen LogP contribution in [0.3, 0.4) is 0 Å². The maximum absolute atomic E-state index is 5.65. The second-order valence-electron chi connectivity index (χ2n) is 3.54. The molecule has 0 saturated heterocycles. The summed E-state index contributed by atoms with van der Waals surface area (Å²) in [6, 6.07) is 0. The van der Waals surface area contributed by atoms with Gasteiger partial charge in [-0.15, -0.1) is 0 Å². The number of rotatable bonds is 4. The molecule has 0 aliphatic heterocycles. The van der Waals surface area contributed by atoms with Crippen molar-refractivity contribution in [2.45, 2.75) is 38.2 Å². The van der Waals surface area contributed by atoms with E-state index < -0.39 is 0 Å². The van der Waals surface area contributed by atoms with E-state index in [0.29, 0.717) is 19.3 Å². The number of hydrogen-bond donors (Lipinski definition) is 3. The maximum Gasteiger partial charge on any atom is 0.203 e. The molecule has 0 unspecified atom stereocenters. The lowest BCUT2D eigenvalue weighted by atomic mass is 9.98. The molecule has 0 amide bonds. The van der Waals surface area contributed by atoms with Crippen molar-refractivity contribution in [3.8, 4) is 0 Å². The molecule has 0 aromatic rings. The largest absolute Gasteiger partial charge is 0.376 e. The van der Waals surface area contributed by atoms with Crippen LogP contribution >= 0.6 is 0 Å². The first-order valence-electron chi connectivity index (χ1n) is 5.21. The van der Waals surface area contributed by atoms with Crippen molar-refractivity contribution in [2.75, 3.05) is 13.2 Å². The Hall–Kier alpha value is -0.810. The van der Waals surface area contributed by atoms with Gasteiger partial charge in [0.2, 0.25) is 5.96 Å². The molecule has 0 bridgehead atoms. The fourth-order valence-electron chi connectivity index (χ4n) is 1.66. The summed E-state index contributed by atoms with van der Waals surface area (Å²) in [6.07, 6.45) is 6.75. The van der Waals surface area contributed by atoms with Gasteiger partial charge < -0.3 is 10.5 Å². The van der Waals surface area contributed by atoms with Gasteiger partial charge in [0.25, 0.3) is 0 Å². The molecule has 0 aromatic heterocycles. The number of aliphatic imine (C=N–C) groups is 1. The summed E-state index contributed by atoms with van der Waals surface area (Å²) >= 11 is 0. The first-order valence-corrected chi connectivity index (χ1v) is 5.21. The van der Waals surface area contributed by atoms with Crippen molar-refractivity contribution in [3.05, 3.63) is 0 Å². The van der Waals surface area contributed by atoms with Gasteiger partial charge in [0.1, 0.15) is 0 Å². The molecule has 1 saturated carbocycles. The summed E-state index contributed by atoms with van der Waals surface area (Å²) in [5, 5.41) is 0. The topological polar surface area (TPSA) is 85.7 Å². The lowest BCUT2D eigenvalue weighted by molar-refractivity contribution is 0.0335. The molecular formula is C9H20N4O. The van der Waals surface area contributed by atoms with Gasteiger partial charge in [0, 0.05) is 0 Å². The molecular weight excluding hydrogens is 180 g/mol. The van der Waals surface area contributed by atoms with Crippen LogP contribution in [0.15, 0.2) is 4.99 Å². The number of nitrogens with one attached hydrogen (secondary N) is 1. The van der Waals surface area contributed by atoms with Crippen LogP contribution in [0.25, 0.3) is 0 Å². The van der Waals surface area contributed by atoms with Crippen LogP contribution < -0.4 is 17.0 Å². The fourth-order valence-corrected chi connectivity index (χ4v) is 1.66. The number of nitrogens with two attached hydrogens (primary N) is 2. The Labute approximate surface area is 84.9 Å². The quantitative estimate of drug-likeness (QED) is 0.198. The molecule has 0 radical (unpaired) electrons. The van der Waals surface area contributed by atoms with E-state index in [1.165, 1.54) is 32.1 Å². The summed E-state index contributed by atoms with van der Waals surface area (Å²) in [6.45, 7) is 1.21. The van der Waals surface area contributed by atoms with Crippen LogP contribution in [-0.4, -0.2) is 25.2 Å². The molecule has 1 aliphatic carbocycles. The van der Waals surface area contributed by atoms with Crippen molar-refractivity contribution in [2.24, 2.45) is 16.6 Å². The average molecular weight is 200 g/mol. The maximum atomic E-state index is 5.65. The third kappa shape index (κ3) is 4.43. The molecule has 5 N–H and O–H groups in total. The summed E-state index contributed by atoms with van der Waals surface area (Å²) in [4.78, 5) is 3.96. The molecule has 0 atom stereocenters. The molecule has 82 valence electrons. The van der Waals surface area contributed by atoms with Crippen LogP contribution in [0.2, 0.25) is 0 Å². The first-order chi connectivity index (χ1) is 6.83. The SMILES string of the molecule is NNC(N)=NCCOC1CCCCC1. The molecule has 0 aromatic carbocycles. The zero-order chi connectivity index (χ0) is 10.2. The zero-order valence-electron chi connectivity index (χ0n) is 8.54. The number of nitrogens with zero attached hydrogens (tertiary/aromatic N) is 1. The van der Waals surface area contributed by atoms with Crippen molar-refractivity contribution >= 4 is 5.96 Å². The minimum atomic E-state index is 0.261. The van der Waals surface area contributed by atoms with Crippen molar-refractivity contribution in [1.82, 2.24) is 5.43 Å². The van der Waals surface area contributed by atoms with E-state index in [1.54, 1.807) is 0 Å². The number of hydrogen-bond acceptors (Lipinski definition) is 3. The van der Waals surface area contributed by atoms with E-state index in [-0.39, 0.29) is 5.96 Å². The summed E-state index contributed by atoms with van der Waals surface area (Å²) in [5.74, 6) is 5.31. The van der Waals surface area contributed by atoms with Gasteiger partial charge in [-0.05, 0) is 12.8 Å². The van der Waals surface area contributed by atoms with Crippen LogP contribution in [0, 0.1) is 0 Å². The van der Waals surface area contributed by atoms with Crippen molar-refractivity contribution < 1.29 is 4.74 Å². The lowest BCUT2D eigenvalue weighted by Gasteiger charge is -2.21. The Bertz CT molecular complexity index is 178. The van der Waals surface area contributed by atoms with Gasteiger partial charge in [0.05, 0.1) is 19.3 Å². The highest BCUT2D eigenvalue weighted by molar-refractivity contribution is 5.77. The molecule has 0 heterocycles. The smallest absolute Gasteiger partial charge is 0.203 e. The molecule has 5 nitrogen and oxygen atoms in total. The van der Waals surface area contributed by atoms with Gasteiger partial charge in [-0.25, -0.2) is 10.8 Å². The predicted octanol–water partition coefficient (Wildman–Crippen LogP) is 0.114. The number of hydrazine groups is 1. The van der Waals surface area contributed by atoms with Gasteiger partial charge in [-0.2, -0.15) is 0 Å². The Balaban J connectivity index is 2.02. The highest BCUT2D eigenvalue weighted by Crippen LogP contribution is 2.19. The third-order valence-electron chi connectivity index (χ3n) is 2.43. The lowest BCUT2D eigenvalue weighted by Crippen LogP contribution is -2.37. The highest BCUT2D eigenvalue weighted by Gasteiger charge is 2.12. The molecule has 14 heavy (non-hydrogen) atoms. The van der Waals surface area contributed by atoms with Crippen molar-refractivity contribution in [1.29, 1.82) is 0 Å². The second kappa shape index (κ2) is 6.62. The number of guanidine groups is 1. The van der Waals surface area contributed by atoms with Crippen molar-refractivity contribution in [3.63, 3.8) is 0 Å². The molecule has 0 spiro atoms. The Morgan fingerprint density at radius 1 is 1.36 bits per heavy atom. The number of ether oxygens (including phenoxy) is 1. The van der Waals surface area contributed by atoms with E-state index in [9.17, 15) is 0 Å². The van der Waals surface area contributed by atoms with E-state index in [4.69, 9.17) is 16.3 Å². The second-order valence-corrected chi connectivity index (χ2v) is 3.54. The first kappa shape index (κ1) is 11.3. The minimum absolute atomic E-state index is 0.261. The third-order valence-corrected chi connectivity index (χ3v) is 2.43. The molecule has 1 fully saturated rings.